The number of benzene rings is 4. The van der Waals surface area contributed by atoms with Crippen LogP contribution < -0.4 is 4.57 Å². The minimum atomic E-state index is -0.444. The van der Waals surface area contributed by atoms with Gasteiger partial charge in [-0.1, -0.05) is 79.4 Å². The Kier molecular flexibility index (Phi) is 3.07. The van der Waals surface area contributed by atoms with Gasteiger partial charge in [0.1, 0.15) is 11.1 Å². The first-order valence-electron chi connectivity index (χ1n) is 15.1. The molecule has 4 heterocycles. The fourth-order valence-electron chi connectivity index (χ4n) is 10.4. The number of rotatable bonds is 0. The number of fused-ring (bicyclic) bond motifs is 2. The highest BCUT2D eigenvalue weighted by molar-refractivity contribution is 5.78. The van der Waals surface area contributed by atoms with Gasteiger partial charge in [0.05, 0.1) is 11.6 Å². The standard InChI is InChI=1S/C39H25N2/c1-20-31-30-8-3-2-5-21(30)15-24-9-11-26-18-27-12-10-25-16-22-6-4-7-23-17-28-13-14-29-19-40(20)39(36(26)33(24)31)37(27)34(25)35(32(22)23)38(28)41(29)39/h2-14,31,35H,1,15-18H2/q+1. The second-order valence-electron chi connectivity index (χ2n) is 13.2. The van der Waals surface area contributed by atoms with Crippen LogP contribution in [0.3, 0.4) is 0 Å². The summed E-state index contributed by atoms with van der Waals surface area (Å²) in [6.45, 7) is 4.93. The molecule has 0 fully saturated rings. The first-order chi connectivity index (χ1) is 20.2. The van der Waals surface area contributed by atoms with E-state index in [0.29, 0.717) is 5.92 Å². The van der Waals surface area contributed by atoms with Crippen LogP contribution in [-0.2, 0) is 31.3 Å². The van der Waals surface area contributed by atoms with Gasteiger partial charge in [-0.2, -0.15) is 0 Å². The van der Waals surface area contributed by atoms with Crippen molar-refractivity contribution < 1.29 is 9.14 Å². The Balaban J connectivity index is 1.31. The van der Waals surface area contributed by atoms with Crippen molar-refractivity contribution in [3.05, 3.63) is 180 Å². The van der Waals surface area contributed by atoms with E-state index in [0.717, 1.165) is 31.4 Å². The molecule has 5 aromatic rings. The molecule has 0 amide bonds. The van der Waals surface area contributed by atoms with Gasteiger partial charge in [0.2, 0.25) is 5.69 Å². The molecule has 4 aliphatic carbocycles. The first kappa shape index (κ1) is 20.3. The summed E-state index contributed by atoms with van der Waals surface area (Å²) >= 11 is 0. The van der Waals surface area contributed by atoms with Crippen LogP contribution in [-0.4, -0.2) is 10.8 Å². The number of hydrogen-bond donors (Lipinski definition) is 0. The first-order valence-corrected chi connectivity index (χ1v) is 15.1. The Hall–Kier alpha value is -4.56. The van der Waals surface area contributed by atoms with Gasteiger partial charge in [0.25, 0.3) is 0 Å². The van der Waals surface area contributed by atoms with Crippen molar-refractivity contribution in [3.63, 3.8) is 0 Å². The fourth-order valence-corrected chi connectivity index (χ4v) is 10.4. The quantitative estimate of drug-likeness (QED) is 0.176. The summed E-state index contributed by atoms with van der Waals surface area (Å²) in [6, 6.07) is 30.6. The second-order valence-corrected chi connectivity index (χ2v) is 13.2. The Morgan fingerprint density at radius 3 is 1.98 bits per heavy atom. The topological polar surface area (TPSA) is 6.89 Å². The molecule has 7 aliphatic rings. The van der Waals surface area contributed by atoms with Gasteiger partial charge in [-0.05, 0) is 80.5 Å². The number of nitrogens with zero attached hydrogens (tertiary/aromatic N) is 2. The largest absolute Gasteiger partial charge is 0.395 e. The summed E-state index contributed by atoms with van der Waals surface area (Å²) in [4.78, 5) is 0. The average Bonchev–Trinajstić information content (AvgIpc) is 3.36. The van der Waals surface area contributed by atoms with E-state index in [2.05, 4.69) is 94.2 Å². The lowest BCUT2D eigenvalue weighted by molar-refractivity contribution is -0.887. The molecular formula is C39H25N2+. The molecule has 3 atom stereocenters. The van der Waals surface area contributed by atoms with Crippen molar-refractivity contribution in [2.75, 3.05) is 0 Å². The van der Waals surface area contributed by atoms with Gasteiger partial charge in [-0.3, -0.25) is 0 Å². The third-order valence-electron chi connectivity index (χ3n) is 11.6. The summed E-state index contributed by atoms with van der Waals surface area (Å²) < 4.78 is 5.25. The van der Waals surface area contributed by atoms with E-state index in [4.69, 9.17) is 6.58 Å². The average molecular weight is 522 g/mol. The van der Waals surface area contributed by atoms with E-state index in [1.165, 1.54) is 78.1 Å². The summed E-state index contributed by atoms with van der Waals surface area (Å²) in [5.41, 5.74) is 24.5. The SMILES string of the molecule is C=C1C2c3ccccc3Cc3ccc4c(c32)C23c5c(ccc6c5C5c7c(cccc7Cc7ccc([n+]2c75)[C-]=[N+]13)C6)C4. The Bertz CT molecular complexity index is 2230. The molecular weight excluding hydrogens is 496 g/mol. The molecule has 190 valence electrons. The predicted octanol–water partition coefficient (Wildman–Crippen LogP) is 5.82. The molecule has 3 unspecified atom stereocenters. The number of pyridine rings is 1. The lowest BCUT2D eigenvalue weighted by atomic mass is 9.58. The molecule has 2 nitrogen and oxygen atoms in total. The van der Waals surface area contributed by atoms with E-state index in [-0.39, 0.29) is 5.92 Å². The molecule has 2 heteroatoms. The molecule has 4 aromatic carbocycles. The van der Waals surface area contributed by atoms with Crippen molar-refractivity contribution in [2.45, 2.75) is 43.2 Å². The van der Waals surface area contributed by atoms with E-state index >= 15 is 0 Å². The van der Waals surface area contributed by atoms with Crippen LogP contribution in [0.15, 0.2) is 91.1 Å². The minimum Gasteiger partial charge on any atom is -0.230 e. The van der Waals surface area contributed by atoms with Crippen LogP contribution in [0.5, 0.6) is 0 Å². The molecule has 41 heavy (non-hydrogen) atoms. The fraction of sp³-hybridized carbons (Fsp3) is 0.179. The third kappa shape index (κ3) is 1.93. The lowest BCUT2D eigenvalue weighted by Gasteiger charge is -2.49. The predicted molar refractivity (Wildman–Crippen MR) is 156 cm³/mol. The maximum Gasteiger partial charge on any atom is 0.395 e. The maximum absolute atomic E-state index is 4.93. The van der Waals surface area contributed by atoms with Gasteiger partial charge < -0.3 is 0 Å². The molecule has 3 aliphatic heterocycles. The molecule has 0 radical (unpaired) electrons. The third-order valence-corrected chi connectivity index (χ3v) is 11.6. The van der Waals surface area contributed by atoms with E-state index in [1.54, 1.807) is 11.1 Å². The summed E-state index contributed by atoms with van der Waals surface area (Å²) in [6.07, 6.45) is 8.01. The Morgan fingerprint density at radius 2 is 1.17 bits per heavy atom. The van der Waals surface area contributed by atoms with Crippen molar-refractivity contribution in [2.24, 2.45) is 0 Å². The van der Waals surface area contributed by atoms with Gasteiger partial charge >= 0.3 is 5.66 Å². The molecule has 0 saturated carbocycles. The van der Waals surface area contributed by atoms with Crippen LogP contribution >= 0.6 is 0 Å². The lowest BCUT2D eigenvalue weighted by Crippen LogP contribution is -2.70. The van der Waals surface area contributed by atoms with E-state index in [1.807, 2.05) is 0 Å². The zero-order valence-electron chi connectivity index (χ0n) is 22.6. The van der Waals surface area contributed by atoms with Crippen molar-refractivity contribution in [3.8, 4) is 0 Å². The summed E-state index contributed by atoms with van der Waals surface area (Å²) in [5.74, 6) is 0.462. The number of allylic oxidation sites excluding steroid dienone is 1. The van der Waals surface area contributed by atoms with Crippen LogP contribution in [0, 0.1) is 0 Å². The highest BCUT2D eigenvalue weighted by Gasteiger charge is 2.71. The smallest absolute Gasteiger partial charge is 0.230 e. The van der Waals surface area contributed by atoms with Gasteiger partial charge in [-0.15, -0.1) is 10.6 Å². The molecule has 1 spiro atoms. The monoisotopic (exact) mass is 521 g/mol. The van der Waals surface area contributed by atoms with E-state index in [9.17, 15) is 0 Å². The molecule has 0 bridgehead atoms. The summed E-state index contributed by atoms with van der Waals surface area (Å²) in [7, 11) is 0. The molecule has 0 N–H and O–H groups in total. The zero-order chi connectivity index (χ0) is 26.4. The van der Waals surface area contributed by atoms with Gasteiger partial charge in [-0.25, -0.2) is 4.58 Å². The Labute approximate surface area is 238 Å². The van der Waals surface area contributed by atoms with Gasteiger partial charge in [0.15, 0.2) is 11.9 Å². The number of hydrogen-bond acceptors (Lipinski definition) is 0. The van der Waals surface area contributed by atoms with E-state index < -0.39 is 5.66 Å². The zero-order valence-corrected chi connectivity index (χ0v) is 22.6. The van der Waals surface area contributed by atoms with Crippen LogP contribution in [0.4, 0.5) is 0 Å². The van der Waals surface area contributed by atoms with Crippen molar-refractivity contribution in [1.29, 1.82) is 0 Å². The molecule has 1 aromatic heterocycles. The Morgan fingerprint density at radius 1 is 0.585 bits per heavy atom. The second kappa shape index (κ2) is 6.19. The minimum absolute atomic E-state index is 0.167. The molecule has 0 saturated heterocycles. The van der Waals surface area contributed by atoms with Crippen LogP contribution in [0.2, 0.25) is 0 Å². The van der Waals surface area contributed by atoms with Crippen LogP contribution in [0.25, 0.3) is 0 Å². The summed E-state index contributed by atoms with van der Waals surface area (Å²) in [5, 5.41) is 0. The van der Waals surface area contributed by atoms with Gasteiger partial charge in [0, 0.05) is 17.9 Å². The highest BCUT2D eigenvalue weighted by atomic mass is 15.4. The molecule has 12 rings (SSSR count). The van der Waals surface area contributed by atoms with Crippen LogP contribution in [0.1, 0.15) is 101 Å². The highest BCUT2D eigenvalue weighted by Crippen LogP contribution is 2.62. The van der Waals surface area contributed by atoms with Crippen molar-refractivity contribution in [1.82, 2.24) is 0 Å². The maximum atomic E-state index is 4.93. The number of aromatic nitrogens is 1. The normalized spacial score (nSPS) is 24.5. The van der Waals surface area contributed by atoms with Crippen molar-refractivity contribution >= 4 is 6.21 Å².